The molecular weight excluding hydrogens is 370 g/mol. The van der Waals surface area contributed by atoms with Crippen molar-refractivity contribution < 1.29 is 9.59 Å². The summed E-state index contributed by atoms with van der Waals surface area (Å²) in [6, 6.07) is 3.40. The summed E-state index contributed by atoms with van der Waals surface area (Å²) in [6.07, 6.45) is 11.6. The maximum absolute atomic E-state index is 11.5. The molecule has 1 rings (SSSR count). The molecule has 6 heteroatoms. The summed E-state index contributed by atoms with van der Waals surface area (Å²) in [4.78, 5) is 27.8. The smallest absolute Gasteiger partial charge is 0.234 e. The SMILES string of the molecule is CCCCCCCCCCC(C)Sc1cc(C(=O)S)nc(C(=O)S)c1. The average molecular weight is 400 g/mol. The molecule has 0 spiro atoms. The molecule has 1 heterocycles. The molecule has 0 aliphatic carbocycles. The van der Waals surface area contributed by atoms with Gasteiger partial charge in [0.1, 0.15) is 11.4 Å². The first-order valence-corrected chi connectivity index (χ1v) is 10.9. The lowest BCUT2D eigenvalue weighted by Gasteiger charge is -2.12. The van der Waals surface area contributed by atoms with Gasteiger partial charge in [0.25, 0.3) is 0 Å². The minimum Gasteiger partial charge on any atom is -0.280 e. The molecule has 0 fully saturated rings. The molecule has 0 aromatic carbocycles. The highest BCUT2D eigenvalue weighted by atomic mass is 32.2. The van der Waals surface area contributed by atoms with Gasteiger partial charge in [0.15, 0.2) is 0 Å². The fraction of sp³-hybridized carbons (Fsp3) is 0.632. The molecule has 25 heavy (non-hydrogen) atoms. The normalized spacial score (nSPS) is 12.2. The van der Waals surface area contributed by atoms with Gasteiger partial charge in [0, 0.05) is 10.1 Å². The third kappa shape index (κ3) is 9.71. The third-order valence-electron chi connectivity index (χ3n) is 4.04. The van der Waals surface area contributed by atoms with Crippen LogP contribution in [0.15, 0.2) is 17.0 Å². The monoisotopic (exact) mass is 399 g/mol. The Morgan fingerprint density at radius 2 is 1.44 bits per heavy atom. The molecule has 0 aliphatic rings. The first kappa shape index (κ1) is 22.6. The number of rotatable bonds is 13. The van der Waals surface area contributed by atoms with Crippen molar-refractivity contribution in [2.75, 3.05) is 0 Å². The van der Waals surface area contributed by atoms with E-state index in [2.05, 4.69) is 44.1 Å². The molecule has 1 aromatic heterocycles. The summed E-state index contributed by atoms with van der Waals surface area (Å²) in [7, 11) is 0. The van der Waals surface area contributed by atoms with Gasteiger partial charge in [-0.05, 0) is 18.6 Å². The fourth-order valence-electron chi connectivity index (χ4n) is 2.65. The van der Waals surface area contributed by atoms with Gasteiger partial charge in [-0.2, -0.15) is 0 Å². The van der Waals surface area contributed by atoms with Crippen LogP contribution in [0.1, 0.15) is 92.6 Å². The van der Waals surface area contributed by atoms with Crippen molar-refractivity contribution in [2.45, 2.75) is 81.8 Å². The summed E-state index contributed by atoms with van der Waals surface area (Å²) in [5.74, 6) is 0. The lowest BCUT2D eigenvalue weighted by atomic mass is 10.1. The van der Waals surface area contributed by atoms with Crippen LogP contribution in [0.3, 0.4) is 0 Å². The molecular formula is C19H29NO2S3. The van der Waals surface area contributed by atoms with E-state index in [1.165, 1.54) is 51.4 Å². The fourth-order valence-corrected chi connectivity index (χ4v) is 3.99. The van der Waals surface area contributed by atoms with Crippen molar-refractivity contribution >= 4 is 47.3 Å². The van der Waals surface area contributed by atoms with Crippen LogP contribution in [-0.4, -0.2) is 20.5 Å². The number of carbonyl (C=O) groups excluding carboxylic acids is 2. The lowest BCUT2D eigenvalue weighted by Crippen LogP contribution is -2.03. The Kier molecular flexibility index (Phi) is 11.6. The number of aromatic nitrogens is 1. The van der Waals surface area contributed by atoms with Crippen molar-refractivity contribution in [2.24, 2.45) is 0 Å². The van der Waals surface area contributed by atoms with E-state index in [1.54, 1.807) is 23.9 Å². The molecule has 0 saturated heterocycles. The van der Waals surface area contributed by atoms with Crippen molar-refractivity contribution in [1.29, 1.82) is 0 Å². The van der Waals surface area contributed by atoms with E-state index in [0.717, 1.165) is 11.3 Å². The minimum atomic E-state index is -0.436. The highest BCUT2D eigenvalue weighted by molar-refractivity contribution is 8.00. The summed E-state index contributed by atoms with van der Waals surface area (Å²) in [5, 5.41) is -0.448. The minimum absolute atomic E-state index is 0.199. The Hall–Kier alpha value is -0.460. The summed E-state index contributed by atoms with van der Waals surface area (Å²) in [5.41, 5.74) is 0.398. The molecule has 3 nitrogen and oxygen atoms in total. The van der Waals surface area contributed by atoms with Gasteiger partial charge >= 0.3 is 0 Å². The Bertz CT molecular complexity index is 531. The van der Waals surface area contributed by atoms with Gasteiger partial charge in [-0.3, -0.25) is 9.59 Å². The zero-order valence-corrected chi connectivity index (χ0v) is 17.8. The van der Waals surface area contributed by atoms with Gasteiger partial charge in [-0.25, -0.2) is 4.98 Å². The van der Waals surface area contributed by atoms with Crippen LogP contribution in [0.5, 0.6) is 0 Å². The second kappa shape index (κ2) is 12.8. The van der Waals surface area contributed by atoms with Crippen LogP contribution in [0.25, 0.3) is 0 Å². The zero-order valence-electron chi connectivity index (χ0n) is 15.2. The third-order valence-corrected chi connectivity index (χ3v) is 5.64. The standard InChI is InChI=1S/C19H29NO2S3/c1-3-4-5-6-7-8-9-10-11-14(2)25-15-12-16(18(21)23)20-17(13-15)19(22)24/h12-14H,3-11H2,1-2H3,(H,21,23)(H,22,24). The van der Waals surface area contributed by atoms with Crippen LogP contribution in [0.2, 0.25) is 0 Å². The van der Waals surface area contributed by atoms with Crippen molar-refractivity contribution in [3.05, 3.63) is 23.5 Å². The van der Waals surface area contributed by atoms with E-state index >= 15 is 0 Å². The van der Waals surface area contributed by atoms with Crippen LogP contribution >= 0.6 is 37.0 Å². The number of hydrogen-bond donors (Lipinski definition) is 2. The van der Waals surface area contributed by atoms with Gasteiger partial charge in [-0.1, -0.05) is 90.5 Å². The Balaban J connectivity index is 2.40. The first-order chi connectivity index (χ1) is 11.9. The molecule has 1 unspecified atom stereocenters. The van der Waals surface area contributed by atoms with Crippen LogP contribution in [-0.2, 0) is 0 Å². The highest BCUT2D eigenvalue weighted by Crippen LogP contribution is 2.28. The Morgan fingerprint density at radius 1 is 0.960 bits per heavy atom. The summed E-state index contributed by atoms with van der Waals surface area (Å²) in [6.45, 7) is 4.42. The topological polar surface area (TPSA) is 47.0 Å². The highest BCUT2D eigenvalue weighted by Gasteiger charge is 2.13. The van der Waals surface area contributed by atoms with Crippen LogP contribution in [0.4, 0.5) is 0 Å². The molecule has 0 bridgehead atoms. The van der Waals surface area contributed by atoms with E-state index in [9.17, 15) is 9.59 Å². The van der Waals surface area contributed by atoms with E-state index in [0.29, 0.717) is 5.25 Å². The van der Waals surface area contributed by atoms with Gasteiger partial charge < -0.3 is 0 Å². The van der Waals surface area contributed by atoms with E-state index < -0.39 is 10.2 Å². The quantitative estimate of drug-likeness (QED) is 0.234. The average Bonchev–Trinajstić information content (AvgIpc) is 2.56. The molecule has 140 valence electrons. The Morgan fingerprint density at radius 3 is 1.92 bits per heavy atom. The predicted octanol–water partition coefficient (Wildman–Crippen LogP) is 6.23. The Labute approximate surface area is 167 Å². The summed E-state index contributed by atoms with van der Waals surface area (Å²) >= 11 is 9.28. The second-order valence-corrected chi connectivity index (χ2v) is 8.70. The summed E-state index contributed by atoms with van der Waals surface area (Å²) < 4.78 is 0. The second-order valence-electron chi connectivity index (χ2n) is 6.38. The van der Waals surface area contributed by atoms with Crippen LogP contribution < -0.4 is 0 Å². The molecule has 0 N–H and O–H groups in total. The number of nitrogens with zero attached hydrogens (tertiary/aromatic N) is 1. The molecule has 1 atom stereocenters. The number of hydrogen-bond acceptors (Lipinski definition) is 4. The van der Waals surface area contributed by atoms with Crippen molar-refractivity contribution in [1.82, 2.24) is 4.98 Å². The number of unbranched alkanes of at least 4 members (excludes halogenated alkanes) is 7. The van der Waals surface area contributed by atoms with Crippen LogP contribution in [0, 0.1) is 0 Å². The number of pyridine rings is 1. The molecule has 1 aromatic rings. The lowest BCUT2D eigenvalue weighted by molar-refractivity contribution is 0.108. The van der Waals surface area contributed by atoms with Gasteiger partial charge in [0.2, 0.25) is 10.2 Å². The van der Waals surface area contributed by atoms with Crippen molar-refractivity contribution in [3.8, 4) is 0 Å². The number of thioether (sulfide) groups is 1. The molecule has 0 aliphatic heterocycles. The predicted molar refractivity (Wildman–Crippen MR) is 113 cm³/mol. The maximum atomic E-state index is 11.5. The largest absolute Gasteiger partial charge is 0.280 e. The molecule has 0 saturated carbocycles. The maximum Gasteiger partial charge on any atom is 0.234 e. The number of carbonyl (C=O) groups is 2. The van der Waals surface area contributed by atoms with E-state index in [-0.39, 0.29) is 11.4 Å². The molecule has 0 radical (unpaired) electrons. The number of thiol groups is 2. The molecule has 0 amide bonds. The van der Waals surface area contributed by atoms with E-state index in [4.69, 9.17) is 0 Å². The van der Waals surface area contributed by atoms with E-state index in [1.807, 2.05) is 0 Å². The van der Waals surface area contributed by atoms with Crippen molar-refractivity contribution in [3.63, 3.8) is 0 Å². The van der Waals surface area contributed by atoms with Gasteiger partial charge in [-0.15, -0.1) is 11.8 Å². The van der Waals surface area contributed by atoms with Gasteiger partial charge in [0.05, 0.1) is 0 Å². The first-order valence-electron chi connectivity index (χ1n) is 9.09. The zero-order chi connectivity index (χ0) is 18.7.